The minimum atomic E-state index is -0.517. The molecule has 0 saturated heterocycles. The van der Waals surface area contributed by atoms with Crippen LogP contribution in [-0.2, 0) is 24.1 Å². The third-order valence-electron chi connectivity index (χ3n) is 4.58. The Morgan fingerprint density at radius 3 is 2.64 bits per heavy atom. The summed E-state index contributed by atoms with van der Waals surface area (Å²) in [5.74, 6) is -0.235. The first kappa shape index (κ1) is 19.4. The van der Waals surface area contributed by atoms with E-state index in [1.54, 1.807) is 31.2 Å². The van der Waals surface area contributed by atoms with E-state index in [4.69, 9.17) is 9.15 Å². The van der Waals surface area contributed by atoms with E-state index < -0.39 is 11.5 Å². The topological polar surface area (TPSA) is 98.1 Å². The molecule has 0 unspecified atom stereocenters. The van der Waals surface area contributed by atoms with E-state index in [1.165, 1.54) is 4.68 Å². The number of hydrogen-bond donors (Lipinski definition) is 0. The minimum absolute atomic E-state index is 0.0622. The number of carbonyl (C=O) groups is 1. The summed E-state index contributed by atoms with van der Waals surface area (Å²) in [4.78, 5) is 25.3. The first-order chi connectivity index (χ1) is 13.5. The molecule has 0 saturated carbocycles. The third-order valence-corrected chi connectivity index (χ3v) is 4.58. The van der Waals surface area contributed by atoms with Crippen molar-refractivity contribution in [2.75, 3.05) is 6.61 Å². The van der Waals surface area contributed by atoms with Gasteiger partial charge in [0.1, 0.15) is 35.1 Å². The van der Waals surface area contributed by atoms with Crippen LogP contribution in [0.1, 0.15) is 53.7 Å². The molecule has 0 amide bonds. The van der Waals surface area contributed by atoms with Crippen LogP contribution in [0.2, 0.25) is 0 Å². The zero-order chi connectivity index (χ0) is 20.3. The smallest absolute Gasteiger partial charge is 0.342 e. The highest BCUT2D eigenvalue weighted by Crippen LogP contribution is 2.27. The number of furan rings is 1. The molecule has 2 aromatic heterocycles. The van der Waals surface area contributed by atoms with Crippen LogP contribution in [0.25, 0.3) is 11.0 Å². The average Bonchev–Trinajstić information content (AvgIpc) is 3.07. The summed E-state index contributed by atoms with van der Waals surface area (Å²) in [5.41, 5.74) is 1.75. The van der Waals surface area contributed by atoms with Gasteiger partial charge in [-0.3, -0.25) is 4.79 Å². The monoisotopic (exact) mass is 379 g/mol. The van der Waals surface area contributed by atoms with Gasteiger partial charge in [-0.15, -0.1) is 0 Å². The number of nitriles is 1. The molecule has 0 radical (unpaired) electrons. The number of aryl methyl sites for hydroxylation is 1. The van der Waals surface area contributed by atoms with Crippen molar-refractivity contribution < 1.29 is 13.9 Å². The normalized spacial score (nSPS) is 10.8. The Hall–Kier alpha value is -3.40. The van der Waals surface area contributed by atoms with E-state index in [0.717, 1.165) is 0 Å². The maximum Gasteiger partial charge on any atom is 0.342 e. The van der Waals surface area contributed by atoms with Crippen LogP contribution in [0.3, 0.4) is 0 Å². The zero-order valence-electron chi connectivity index (χ0n) is 16.1. The second-order valence-corrected chi connectivity index (χ2v) is 6.20. The fourth-order valence-electron chi connectivity index (χ4n) is 3.31. The molecule has 2 heterocycles. The van der Waals surface area contributed by atoms with Crippen LogP contribution >= 0.6 is 0 Å². The Labute approximate surface area is 162 Å². The predicted molar refractivity (Wildman–Crippen MR) is 103 cm³/mol. The highest BCUT2D eigenvalue weighted by Gasteiger charge is 2.24. The molecule has 28 heavy (non-hydrogen) atoms. The van der Waals surface area contributed by atoms with Gasteiger partial charge in [0, 0.05) is 5.39 Å². The molecule has 3 rings (SSSR count). The maximum absolute atomic E-state index is 12.8. The lowest BCUT2D eigenvalue weighted by Crippen LogP contribution is -2.29. The molecule has 0 bridgehead atoms. The number of benzene rings is 1. The molecule has 0 aliphatic heterocycles. The number of para-hydroxylation sites is 1. The van der Waals surface area contributed by atoms with E-state index in [-0.39, 0.29) is 30.0 Å². The molecule has 0 aliphatic rings. The van der Waals surface area contributed by atoms with Crippen LogP contribution in [-0.4, -0.2) is 22.4 Å². The Bertz CT molecular complexity index is 1130. The predicted octanol–water partition coefficient (Wildman–Crippen LogP) is 3.21. The molecule has 144 valence electrons. The van der Waals surface area contributed by atoms with Gasteiger partial charge in [0.05, 0.1) is 12.3 Å². The number of rotatable bonds is 6. The van der Waals surface area contributed by atoms with Gasteiger partial charge in [0.2, 0.25) is 0 Å². The van der Waals surface area contributed by atoms with E-state index >= 15 is 0 Å². The Morgan fingerprint density at radius 1 is 1.25 bits per heavy atom. The number of hydrogen-bond acceptors (Lipinski definition) is 6. The number of carbonyl (C=O) groups excluding carboxylic acids is 1. The molecule has 0 fully saturated rings. The Kier molecular flexibility index (Phi) is 5.59. The van der Waals surface area contributed by atoms with Gasteiger partial charge in [-0.05, 0) is 31.4 Å². The molecule has 0 atom stereocenters. The van der Waals surface area contributed by atoms with Crippen molar-refractivity contribution in [2.45, 2.75) is 40.2 Å². The van der Waals surface area contributed by atoms with Crippen molar-refractivity contribution in [3.05, 3.63) is 62.8 Å². The van der Waals surface area contributed by atoms with Crippen LogP contribution in [0.5, 0.6) is 0 Å². The molecule has 3 aromatic rings. The molecule has 7 heteroatoms. The number of ether oxygens (including phenoxy) is 1. The SMILES string of the molecule is CCOC(=O)c1c(Cn2nc(CC)c(CC)c(C#N)c2=O)oc2ccccc12. The second kappa shape index (κ2) is 8.09. The zero-order valence-corrected chi connectivity index (χ0v) is 16.1. The first-order valence-corrected chi connectivity index (χ1v) is 9.26. The summed E-state index contributed by atoms with van der Waals surface area (Å²) in [5, 5.41) is 14.5. The second-order valence-electron chi connectivity index (χ2n) is 6.20. The third kappa shape index (κ3) is 3.29. The summed E-state index contributed by atoms with van der Waals surface area (Å²) in [7, 11) is 0. The van der Waals surface area contributed by atoms with Crippen molar-refractivity contribution in [1.29, 1.82) is 5.26 Å². The summed E-state index contributed by atoms with van der Waals surface area (Å²) in [6.45, 7) is 5.69. The number of aromatic nitrogens is 2. The van der Waals surface area contributed by atoms with E-state index in [9.17, 15) is 14.9 Å². The van der Waals surface area contributed by atoms with Gasteiger partial charge < -0.3 is 9.15 Å². The van der Waals surface area contributed by atoms with Crippen molar-refractivity contribution in [3.63, 3.8) is 0 Å². The lowest BCUT2D eigenvalue weighted by molar-refractivity contribution is 0.0525. The highest BCUT2D eigenvalue weighted by atomic mass is 16.5. The molecule has 7 nitrogen and oxygen atoms in total. The van der Waals surface area contributed by atoms with Crippen molar-refractivity contribution in [2.24, 2.45) is 0 Å². The summed E-state index contributed by atoms with van der Waals surface area (Å²) >= 11 is 0. The van der Waals surface area contributed by atoms with E-state index in [0.29, 0.717) is 35.1 Å². The summed E-state index contributed by atoms with van der Waals surface area (Å²) in [6, 6.07) is 9.12. The molecule has 0 spiro atoms. The number of nitrogens with zero attached hydrogens (tertiary/aromatic N) is 3. The Balaban J connectivity index is 2.18. The van der Waals surface area contributed by atoms with E-state index in [2.05, 4.69) is 5.10 Å². The fourth-order valence-corrected chi connectivity index (χ4v) is 3.31. The molecular weight excluding hydrogens is 358 g/mol. The van der Waals surface area contributed by atoms with Gasteiger partial charge >= 0.3 is 5.97 Å². The molecule has 1 aromatic carbocycles. The van der Waals surface area contributed by atoms with Crippen molar-refractivity contribution in [3.8, 4) is 6.07 Å². The quantitative estimate of drug-likeness (QED) is 0.610. The largest absolute Gasteiger partial charge is 0.462 e. The molecular formula is C21H21N3O4. The van der Waals surface area contributed by atoms with E-state index in [1.807, 2.05) is 19.9 Å². The summed E-state index contributed by atoms with van der Waals surface area (Å²) in [6.07, 6.45) is 1.14. The minimum Gasteiger partial charge on any atom is -0.462 e. The standard InChI is InChI=1S/C21H21N3O4/c1-4-13-15(11-22)20(25)24(23-16(13)5-2)12-18-19(21(26)27-6-3)14-9-7-8-10-17(14)28-18/h7-10H,4-6,12H2,1-3H3. The lowest BCUT2D eigenvalue weighted by atomic mass is 10.0. The van der Waals surface area contributed by atoms with Crippen LogP contribution in [0.4, 0.5) is 0 Å². The average molecular weight is 379 g/mol. The van der Waals surface area contributed by atoms with Gasteiger partial charge in [-0.1, -0.05) is 32.0 Å². The maximum atomic E-state index is 12.8. The van der Waals surface area contributed by atoms with Gasteiger partial charge in [-0.25, -0.2) is 9.48 Å². The Morgan fingerprint density at radius 2 is 2.00 bits per heavy atom. The van der Waals surface area contributed by atoms with Crippen LogP contribution in [0, 0.1) is 11.3 Å². The lowest BCUT2D eigenvalue weighted by Gasteiger charge is -2.11. The van der Waals surface area contributed by atoms with Crippen LogP contribution < -0.4 is 5.56 Å². The van der Waals surface area contributed by atoms with Crippen LogP contribution in [0.15, 0.2) is 33.5 Å². The summed E-state index contributed by atoms with van der Waals surface area (Å²) < 4.78 is 12.2. The van der Waals surface area contributed by atoms with Crippen molar-refractivity contribution in [1.82, 2.24) is 9.78 Å². The van der Waals surface area contributed by atoms with Crippen molar-refractivity contribution >= 4 is 16.9 Å². The molecule has 0 aliphatic carbocycles. The fraction of sp³-hybridized carbons (Fsp3) is 0.333. The number of fused-ring (bicyclic) bond motifs is 1. The number of esters is 1. The van der Waals surface area contributed by atoms with Gasteiger partial charge in [0.15, 0.2) is 0 Å². The first-order valence-electron chi connectivity index (χ1n) is 9.26. The van der Waals surface area contributed by atoms with Gasteiger partial charge in [-0.2, -0.15) is 10.4 Å². The molecule has 0 N–H and O–H groups in total. The van der Waals surface area contributed by atoms with Gasteiger partial charge in [0.25, 0.3) is 5.56 Å². The highest BCUT2D eigenvalue weighted by molar-refractivity contribution is 6.04.